The van der Waals surface area contributed by atoms with Crippen molar-refractivity contribution < 1.29 is 0 Å². The van der Waals surface area contributed by atoms with Crippen LogP contribution in [0.15, 0.2) is 36.9 Å². The normalized spacial score (nSPS) is 23.9. The highest BCUT2D eigenvalue weighted by Gasteiger charge is 2.28. The predicted octanol–water partition coefficient (Wildman–Crippen LogP) is 3.78. The zero-order valence-electron chi connectivity index (χ0n) is 13.8. The van der Waals surface area contributed by atoms with E-state index in [1.54, 1.807) is 6.20 Å². The topological polar surface area (TPSA) is 34.0 Å². The van der Waals surface area contributed by atoms with Crippen molar-refractivity contribution in [1.82, 2.24) is 19.4 Å². The maximum Gasteiger partial charge on any atom is 0.138 e. The van der Waals surface area contributed by atoms with Crippen molar-refractivity contribution >= 4 is 0 Å². The van der Waals surface area contributed by atoms with E-state index in [4.69, 9.17) is 4.98 Å². The molecule has 0 N–H and O–H groups in total. The van der Waals surface area contributed by atoms with E-state index in [0.717, 1.165) is 11.9 Å². The first kappa shape index (κ1) is 14.9. The van der Waals surface area contributed by atoms with Gasteiger partial charge in [-0.1, -0.05) is 25.3 Å². The summed E-state index contributed by atoms with van der Waals surface area (Å²) in [6.45, 7) is 2.47. The van der Waals surface area contributed by atoms with Crippen LogP contribution in [-0.2, 0) is 0 Å². The Balaban J connectivity index is 1.50. The number of aromatic nitrogens is 3. The first-order valence-electron chi connectivity index (χ1n) is 9.09. The molecule has 0 aromatic carbocycles. The van der Waals surface area contributed by atoms with Crippen molar-refractivity contribution in [1.29, 1.82) is 0 Å². The van der Waals surface area contributed by atoms with Gasteiger partial charge in [-0.15, -0.1) is 0 Å². The number of piperidine rings is 1. The van der Waals surface area contributed by atoms with Crippen LogP contribution in [0, 0.1) is 0 Å². The Morgan fingerprint density at radius 3 is 2.74 bits per heavy atom. The third-order valence-corrected chi connectivity index (χ3v) is 5.49. The van der Waals surface area contributed by atoms with Crippen LogP contribution in [0.3, 0.4) is 0 Å². The lowest BCUT2D eigenvalue weighted by Gasteiger charge is -2.40. The number of imidazole rings is 1. The van der Waals surface area contributed by atoms with Crippen molar-refractivity contribution in [2.24, 2.45) is 0 Å². The van der Waals surface area contributed by atoms with E-state index < -0.39 is 0 Å². The molecule has 1 saturated carbocycles. The van der Waals surface area contributed by atoms with E-state index in [0.29, 0.717) is 5.92 Å². The minimum absolute atomic E-state index is 0.578. The van der Waals surface area contributed by atoms with Crippen LogP contribution in [0.5, 0.6) is 0 Å². The largest absolute Gasteiger partial charge is 0.300 e. The van der Waals surface area contributed by atoms with Crippen LogP contribution in [0.25, 0.3) is 5.82 Å². The van der Waals surface area contributed by atoms with Crippen molar-refractivity contribution in [3.63, 3.8) is 0 Å². The van der Waals surface area contributed by atoms with E-state index in [2.05, 4.69) is 28.1 Å². The molecule has 4 nitrogen and oxygen atoms in total. The van der Waals surface area contributed by atoms with Gasteiger partial charge < -0.3 is 0 Å². The van der Waals surface area contributed by atoms with E-state index in [1.165, 1.54) is 63.7 Å². The smallest absolute Gasteiger partial charge is 0.138 e. The molecule has 1 aliphatic carbocycles. The molecule has 0 spiro atoms. The molecule has 0 amide bonds. The first-order valence-corrected chi connectivity index (χ1v) is 9.09. The molecule has 0 radical (unpaired) electrons. The summed E-state index contributed by atoms with van der Waals surface area (Å²) in [4.78, 5) is 11.8. The van der Waals surface area contributed by atoms with Gasteiger partial charge in [0.15, 0.2) is 0 Å². The van der Waals surface area contributed by atoms with Crippen LogP contribution < -0.4 is 0 Å². The van der Waals surface area contributed by atoms with Gasteiger partial charge in [0.25, 0.3) is 0 Å². The van der Waals surface area contributed by atoms with Crippen LogP contribution in [0.2, 0.25) is 0 Å². The molecular formula is C19H26N4. The molecule has 1 atom stereocenters. The molecule has 122 valence electrons. The summed E-state index contributed by atoms with van der Waals surface area (Å²) < 4.78 is 1.99. The molecule has 3 heterocycles. The molecule has 4 heteroatoms. The maximum absolute atomic E-state index is 4.91. The van der Waals surface area contributed by atoms with Crippen molar-refractivity contribution in [2.45, 2.75) is 56.9 Å². The maximum atomic E-state index is 4.91. The standard InChI is InChI=1S/C19H26N4/c1-2-7-17(8-3-1)22-12-5-6-16(14-22)18-9-4-10-19(21-18)23-13-11-20-15-23/h4,9-11,13,15-17H,1-3,5-8,12,14H2/t16-/m0/s1. The lowest BCUT2D eigenvalue weighted by atomic mass is 9.89. The first-order chi connectivity index (χ1) is 11.4. The molecule has 2 aromatic heterocycles. The number of nitrogens with zero attached hydrogens (tertiary/aromatic N) is 4. The Kier molecular flexibility index (Phi) is 4.42. The van der Waals surface area contributed by atoms with Crippen LogP contribution in [0.1, 0.15) is 56.6 Å². The fraction of sp³-hybridized carbons (Fsp3) is 0.579. The van der Waals surface area contributed by atoms with Gasteiger partial charge in [0, 0.05) is 36.6 Å². The molecule has 2 aromatic rings. The summed E-state index contributed by atoms with van der Waals surface area (Å²) in [5.74, 6) is 1.56. The molecule has 0 bridgehead atoms. The van der Waals surface area contributed by atoms with Crippen molar-refractivity contribution in [2.75, 3.05) is 13.1 Å². The number of hydrogen-bond acceptors (Lipinski definition) is 3. The highest BCUT2D eigenvalue weighted by Crippen LogP contribution is 2.31. The number of pyridine rings is 1. The molecule has 2 aliphatic rings. The summed E-state index contributed by atoms with van der Waals surface area (Å²) in [6, 6.07) is 7.22. The Labute approximate surface area is 138 Å². The SMILES string of the molecule is c1cc([C@H]2CCCN(C3CCCCC3)C2)nc(-n2ccnc2)c1. The highest BCUT2D eigenvalue weighted by molar-refractivity contribution is 5.26. The van der Waals surface area contributed by atoms with Gasteiger partial charge in [-0.25, -0.2) is 9.97 Å². The van der Waals surface area contributed by atoms with E-state index in [9.17, 15) is 0 Å². The quantitative estimate of drug-likeness (QED) is 0.865. The van der Waals surface area contributed by atoms with E-state index >= 15 is 0 Å². The molecule has 2 fully saturated rings. The molecule has 1 saturated heterocycles. The van der Waals surface area contributed by atoms with Crippen LogP contribution >= 0.6 is 0 Å². The van der Waals surface area contributed by atoms with Gasteiger partial charge in [-0.05, 0) is 44.4 Å². The third kappa shape index (κ3) is 3.32. The van der Waals surface area contributed by atoms with Crippen molar-refractivity contribution in [3.05, 3.63) is 42.6 Å². The number of likely N-dealkylation sites (tertiary alicyclic amines) is 1. The third-order valence-electron chi connectivity index (χ3n) is 5.49. The summed E-state index contributed by atoms with van der Waals surface area (Å²) in [6.07, 6.45) is 15.2. The molecule has 1 aliphatic heterocycles. The number of rotatable bonds is 3. The Morgan fingerprint density at radius 1 is 1.00 bits per heavy atom. The Morgan fingerprint density at radius 2 is 1.91 bits per heavy atom. The fourth-order valence-corrected chi connectivity index (χ4v) is 4.23. The summed E-state index contributed by atoms with van der Waals surface area (Å²) in [5.41, 5.74) is 1.25. The highest BCUT2D eigenvalue weighted by atomic mass is 15.2. The monoisotopic (exact) mass is 310 g/mol. The van der Waals surface area contributed by atoms with E-state index in [-0.39, 0.29) is 0 Å². The summed E-state index contributed by atoms with van der Waals surface area (Å²) in [5, 5.41) is 0. The average molecular weight is 310 g/mol. The number of hydrogen-bond donors (Lipinski definition) is 0. The lowest BCUT2D eigenvalue weighted by molar-refractivity contribution is 0.118. The van der Waals surface area contributed by atoms with Gasteiger partial charge in [0.2, 0.25) is 0 Å². The predicted molar refractivity (Wildman–Crippen MR) is 91.8 cm³/mol. The fourth-order valence-electron chi connectivity index (χ4n) is 4.23. The average Bonchev–Trinajstić information content (AvgIpc) is 3.18. The van der Waals surface area contributed by atoms with Crippen LogP contribution in [0.4, 0.5) is 0 Å². The second-order valence-electron chi connectivity index (χ2n) is 7.02. The zero-order valence-corrected chi connectivity index (χ0v) is 13.8. The van der Waals surface area contributed by atoms with Gasteiger partial charge in [0.1, 0.15) is 12.1 Å². The van der Waals surface area contributed by atoms with E-state index in [1.807, 2.05) is 17.1 Å². The minimum atomic E-state index is 0.578. The Hall–Kier alpha value is -1.68. The second-order valence-corrected chi connectivity index (χ2v) is 7.02. The molecule has 4 rings (SSSR count). The lowest BCUT2D eigenvalue weighted by Crippen LogP contribution is -2.43. The van der Waals surface area contributed by atoms with Gasteiger partial charge in [-0.3, -0.25) is 9.47 Å². The molecule has 0 unspecified atom stereocenters. The minimum Gasteiger partial charge on any atom is -0.300 e. The van der Waals surface area contributed by atoms with Gasteiger partial charge in [0.05, 0.1) is 0 Å². The zero-order chi connectivity index (χ0) is 15.5. The van der Waals surface area contributed by atoms with Crippen LogP contribution in [-0.4, -0.2) is 38.6 Å². The Bertz CT molecular complexity index is 616. The summed E-state index contributed by atoms with van der Waals surface area (Å²) in [7, 11) is 0. The van der Waals surface area contributed by atoms with Gasteiger partial charge in [-0.2, -0.15) is 0 Å². The molecular weight excluding hydrogens is 284 g/mol. The summed E-state index contributed by atoms with van der Waals surface area (Å²) >= 11 is 0. The van der Waals surface area contributed by atoms with Crippen molar-refractivity contribution in [3.8, 4) is 5.82 Å². The second kappa shape index (κ2) is 6.83. The molecule has 23 heavy (non-hydrogen) atoms. The van der Waals surface area contributed by atoms with Gasteiger partial charge >= 0.3 is 0 Å².